The zero-order valence-electron chi connectivity index (χ0n) is 9.02. The van der Waals surface area contributed by atoms with E-state index in [0.29, 0.717) is 0 Å². The van der Waals surface area contributed by atoms with E-state index in [1.807, 2.05) is 13.0 Å². The third-order valence-electron chi connectivity index (χ3n) is 2.53. The second-order valence-corrected chi connectivity index (χ2v) is 4.72. The van der Waals surface area contributed by atoms with Crippen molar-refractivity contribution in [3.05, 3.63) is 17.8 Å². The van der Waals surface area contributed by atoms with Gasteiger partial charge in [-0.3, -0.25) is 0 Å². The highest BCUT2D eigenvalue weighted by atomic mass is 15.1. The van der Waals surface area contributed by atoms with Crippen LogP contribution in [-0.4, -0.2) is 18.1 Å². The lowest BCUT2D eigenvalue weighted by Crippen LogP contribution is -2.27. The topological polar surface area (TPSA) is 37.0 Å². The van der Waals surface area contributed by atoms with Crippen LogP contribution in [0.1, 0.15) is 19.5 Å². The third-order valence-corrected chi connectivity index (χ3v) is 2.53. The van der Waals surface area contributed by atoms with Crippen molar-refractivity contribution in [2.24, 2.45) is 5.41 Å². The molecule has 0 aromatic carbocycles. The molecule has 0 atom stereocenters. The maximum absolute atomic E-state index is 4.47. The third kappa shape index (κ3) is 1.81. The summed E-state index contributed by atoms with van der Waals surface area (Å²) < 4.78 is 0. The minimum Gasteiger partial charge on any atom is -0.381 e. The van der Waals surface area contributed by atoms with Gasteiger partial charge in [0.05, 0.1) is 5.69 Å². The van der Waals surface area contributed by atoms with Gasteiger partial charge >= 0.3 is 0 Å². The fourth-order valence-electron chi connectivity index (χ4n) is 1.55. The van der Waals surface area contributed by atoms with Gasteiger partial charge in [0.25, 0.3) is 0 Å². The highest BCUT2D eigenvalue weighted by Gasteiger charge is 2.22. The van der Waals surface area contributed by atoms with Crippen molar-refractivity contribution in [2.75, 3.05) is 23.7 Å². The van der Waals surface area contributed by atoms with Gasteiger partial charge < -0.3 is 10.6 Å². The van der Waals surface area contributed by atoms with E-state index in [-0.39, 0.29) is 5.41 Å². The van der Waals surface area contributed by atoms with E-state index in [4.69, 9.17) is 0 Å². The lowest BCUT2D eigenvalue weighted by molar-refractivity contribution is 0.423. The van der Waals surface area contributed by atoms with Crippen LogP contribution in [0.3, 0.4) is 0 Å². The quantitative estimate of drug-likeness (QED) is 0.660. The number of pyridine rings is 1. The van der Waals surface area contributed by atoms with E-state index in [2.05, 4.69) is 35.5 Å². The molecule has 0 saturated heterocycles. The number of hydrogen-bond donors (Lipinski definition) is 2. The Kier molecular flexibility index (Phi) is 2.10. The average Bonchev–Trinajstić information content (AvgIpc) is 2.26. The lowest BCUT2D eigenvalue weighted by atomic mass is 9.94. The Labute approximate surface area is 84.9 Å². The van der Waals surface area contributed by atoms with Crippen molar-refractivity contribution in [1.29, 1.82) is 0 Å². The lowest BCUT2D eigenvalue weighted by Gasteiger charge is -2.21. The van der Waals surface area contributed by atoms with E-state index in [0.717, 1.165) is 30.3 Å². The summed E-state index contributed by atoms with van der Waals surface area (Å²) in [5.74, 6) is 0.982. The number of aromatic nitrogens is 1. The summed E-state index contributed by atoms with van der Waals surface area (Å²) in [5.41, 5.74) is 2.44. The molecule has 0 bridgehead atoms. The number of anilines is 2. The van der Waals surface area contributed by atoms with Gasteiger partial charge in [0, 0.05) is 18.8 Å². The molecule has 1 aliphatic rings. The Morgan fingerprint density at radius 3 is 2.71 bits per heavy atom. The summed E-state index contributed by atoms with van der Waals surface area (Å²) in [4.78, 5) is 4.47. The van der Waals surface area contributed by atoms with Crippen molar-refractivity contribution in [1.82, 2.24) is 4.98 Å². The van der Waals surface area contributed by atoms with Crippen LogP contribution in [0.5, 0.6) is 0 Å². The smallest absolute Gasteiger partial charge is 0.149 e. The monoisotopic (exact) mass is 191 g/mol. The van der Waals surface area contributed by atoms with Crippen LogP contribution in [-0.2, 0) is 0 Å². The number of fused-ring (bicyclic) bond motifs is 1. The number of aryl methyl sites for hydroxylation is 1. The molecule has 0 unspecified atom stereocenters. The molecule has 76 valence electrons. The minimum absolute atomic E-state index is 0.272. The van der Waals surface area contributed by atoms with Gasteiger partial charge in [-0.1, -0.05) is 13.8 Å². The van der Waals surface area contributed by atoms with Gasteiger partial charge in [0.2, 0.25) is 0 Å². The fourth-order valence-corrected chi connectivity index (χ4v) is 1.55. The molecule has 0 amide bonds. The molecule has 0 saturated carbocycles. The first-order valence-electron chi connectivity index (χ1n) is 5.02. The van der Waals surface area contributed by atoms with E-state index in [1.54, 1.807) is 0 Å². The Morgan fingerprint density at radius 2 is 1.93 bits per heavy atom. The summed E-state index contributed by atoms with van der Waals surface area (Å²) in [6.45, 7) is 8.44. The largest absolute Gasteiger partial charge is 0.381 e. The molecule has 1 aromatic heterocycles. The SMILES string of the molecule is Cc1ccc2c(n1)NCC(C)(C)CN2. The first kappa shape index (κ1) is 9.31. The zero-order valence-corrected chi connectivity index (χ0v) is 9.02. The first-order valence-corrected chi connectivity index (χ1v) is 5.02. The van der Waals surface area contributed by atoms with Gasteiger partial charge in [-0.05, 0) is 24.5 Å². The van der Waals surface area contributed by atoms with E-state index in [9.17, 15) is 0 Å². The van der Waals surface area contributed by atoms with Crippen molar-refractivity contribution in [3.63, 3.8) is 0 Å². The molecule has 1 aromatic rings. The van der Waals surface area contributed by atoms with Crippen molar-refractivity contribution in [2.45, 2.75) is 20.8 Å². The standard InChI is InChI=1S/C11H17N3/c1-8-4-5-9-10(14-8)13-7-11(2,3)6-12-9/h4-5,12H,6-7H2,1-3H3,(H,13,14). The average molecular weight is 191 g/mol. The Hall–Kier alpha value is -1.25. The fraction of sp³-hybridized carbons (Fsp3) is 0.545. The number of hydrogen-bond acceptors (Lipinski definition) is 3. The molecule has 2 rings (SSSR count). The molecule has 0 aliphatic carbocycles. The Morgan fingerprint density at radius 1 is 1.21 bits per heavy atom. The number of nitrogens with zero attached hydrogens (tertiary/aromatic N) is 1. The molecule has 0 fully saturated rings. The second-order valence-electron chi connectivity index (χ2n) is 4.72. The van der Waals surface area contributed by atoms with Crippen LogP contribution >= 0.6 is 0 Å². The van der Waals surface area contributed by atoms with Crippen LogP contribution in [0, 0.1) is 12.3 Å². The molecule has 0 spiro atoms. The molecule has 14 heavy (non-hydrogen) atoms. The number of rotatable bonds is 0. The first-order chi connectivity index (χ1) is 6.57. The van der Waals surface area contributed by atoms with Gasteiger partial charge in [-0.15, -0.1) is 0 Å². The Balaban J connectivity index is 2.30. The van der Waals surface area contributed by atoms with E-state index >= 15 is 0 Å². The normalized spacial score (nSPS) is 18.8. The van der Waals surface area contributed by atoms with Crippen LogP contribution < -0.4 is 10.6 Å². The molecule has 3 heteroatoms. The Bertz CT molecular complexity index is 344. The summed E-state index contributed by atoms with van der Waals surface area (Å²) in [6.07, 6.45) is 0. The van der Waals surface area contributed by atoms with E-state index < -0.39 is 0 Å². The molecular weight excluding hydrogens is 174 g/mol. The summed E-state index contributed by atoms with van der Waals surface area (Å²) >= 11 is 0. The maximum Gasteiger partial charge on any atom is 0.149 e. The molecule has 3 nitrogen and oxygen atoms in total. The second kappa shape index (κ2) is 3.15. The van der Waals surface area contributed by atoms with Gasteiger partial charge in [-0.25, -0.2) is 4.98 Å². The van der Waals surface area contributed by atoms with Crippen molar-refractivity contribution in [3.8, 4) is 0 Å². The van der Waals surface area contributed by atoms with Crippen molar-refractivity contribution >= 4 is 11.5 Å². The summed E-state index contributed by atoms with van der Waals surface area (Å²) in [6, 6.07) is 4.12. The van der Waals surface area contributed by atoms with Gasteiger partial charge in [0.15, 0.2) is 0 Å². The molecule has 0 radical (unpaired) electrons. The maximum atomic E-state index is 4.47. The van der Waals surface area contributed by atoms with Crippen molar-refractivity contribution < 1.29 is 0 Å². The molecular formula is C11H17N3. The number of nitrogens with one attached hydrogen (secondary N) is 2. The van der Waals surface area contributed by atoms with E-state index in [1.165, 1.54) is 0 Å². The molecule has 1 aliphatic heterocycles. The predicted octanol–water partition coefficient (Wildman–Crippen LogP) is 2.25. The van der Waals surface area contributed by atoms with Crippen LogP contribution in [0.2, 0.25) is 0 Å². The van der Waals surface area contributed by atoms with Gasteiger partial charge in [0.1, 0.15) is 5.82 Å². The predicted molar refractivity (Wildman–Crippen MR) is 59.7 cm³/mol. The highest BCUT2D eigenvalue weighted by Crippen LogP contribution is 2.27. The minimum atomic E-state index is 0.272. The van der Waals surface area contributed by atoms with Gasteiger partial charge in [-0.2, -0.15) is 0 Å². The highest BCUT2D eigenvalue weighted by molar-refractivity contribution is 5.65. The van der Waals surface area contributed by atoms with Crippen LogP contribution in [0.4, 0.5) is 11.5 Å². The summed E-state index contributed by atoms with van der Waals surface area (Å²) in [5, 5.41) is 6.80. The van der Waals surface area contributed by atoms with Crippen LogP contribution in [0.15, 0.2) is 12.1 Å². The summed E-state index contributed by atoms with van der Waals surface area (Å²) in [7, 11) is 0. The zero-order chi connectivity index (χ0) is 10.2. The molecule has 2 N–H and O–H groups in total. The van der Waals surface area contributed by atoms with Crippen LogP contribution in [0.25, 0.3) is 0 Å². The molecule has 2 heterocycles.